The Balaban J connectivity index is 2.35. The van der Waals surface area contributed by atoms with Crippen molar-refractivity contribution in [1.29, 1.82) is 0 Å². The highest BCUT2D eigenvalue weighted by Crippen LogP contribution is 2.31. The van der Waals surface area contributed by atoms with E-state index in [1.807, 2.05) is 6.08 Å². The van der Waals surface area contributed by atoms with Crippen LogP contribution in [0.25, 0.3) is 0 Å². The van der Waals surface area contributed by atoms with E-state index in [0.717, 1.165) is 11.1 Å². The number of thioether (sulfide) groups is 1. The van der Waals surface area contributed by atoms with E-state index in [4.69, 9.17) is 5.73 Å². The van der Waals surface area contributed by atoms with Crippen molar-refractivity contribution in [3.63, 3.8) is 0 Å². The molecule has 1 unspecified atom stereocenters. The first-order chi connectivity index (χ1) is 9.10. The molecule has 0 aromatic heterocycles. The molecule has 0 radical (unpaired) electrons. The van der Waals surface area contributed by atoms with Crippen molar-refractivity contribution >= 4 is 17.7 Å². The largest absolute Gasteiger partial charge is 0.369 e. The highest BCUT2D eigenvalue weighted by Gasteiger charge is 2.15. The molecule has 2 nitrogen and oxygen atoms in total. The molecule has 1 aliphatic rings. The summed E-state index contributed by atoms with van der Waals surface area (Å²) in [5.41, 5.74) is 11.8. The van der Waals surface area contributed by atoms with Crippen LogP contribution >= 0.6 is 11.8 Å². The lowest BCUT2D eigenvalue weighted by Crippen LogP contribution is -2.12. The SMILES string of the molecule is CSc1cccc(C2C=C(CC(N)=O)C=C=C2C)c1. The standard InChI is InChI=1S/C16H17NOS/c1-11-6-7-12(9-16(17)18)8-15(11)13-4-3-5-14(10-13)19-2/h3-5,7-8,10,15H,9H2,1-2H3,(H2,17,18). The topological polar surface area (TPSA) is 43.1 Å². The molecule has 19 heavy (non-hydrogen) atoms. The number of allylic oxidation sites excluding steroid dienone is 2. The van der Waals surface area contributed by atoms with Gasteiger partial charge in [0.1, 0.15) is 0 Å². The second-order valence-corrected chi connectivity index (χ2v) is 5.49. The number of carbonyl (C=O) groups excluding carboxylic acids is 1. The van der Waals surface area contributed by atoms with Crippen molar-refractivity contribution in [3.8, 4) is 0 Å². The molecule has 0 fully saturated rings. The maximum absolute atomic E-state index is 11.0. The summed E-state index contributed by atoms with van der Waals surface area (Å²) in [6, 6.07) is 8.46. The zero-order valence-corrected chi connectivity index (χ0v) is 12.0. The Morgan fingerprint density at radius 1 is 1.47 bits per heavy atom. The number of rotatable bonds is 4. The fourth-order valence-corrected chi connectivity index (χ4v) is 2.64. The fraction of sp³-hybridized carbons (Fsp3) is 0.250. The number of nitrogens with two attached hydrogens (primary N) is 1. The van der Waals surface area contributed by atoms with Crippen LogP contribution in [0.1, 0.15) is 24.8 Å². The fourth-order valence-electron chi connectivity index (χ4n) is 2.18. The van der Waals surface area contributed by atoms with E-state index in [1.165, 1.54) is 10.5 Å². The zero-order valence-electron chi connectivity index (χ0n) is 11.1. The van der Waals surface area contributed by atoms with Gasteiger partial charge in [-0.15, -0.1) is 17.5 Å². The maximum atomic E-state index is 11.0. The molecule has 0 saturated carbocycles. The number of amides is 1. The Labute approximate surface area is 118 Å². The van der Waals surface area contributed by atoms with Crippen molar-refractivity contribution in [2.24, 2.45) is 5.73 Å². The van der Waals surface area contributed by atoms with Crippen LogP contribution in [0.5, 0.6) is 0 Å². The number of hydrogen-bond donors (Lipinski definition) is 1. The van der Waals surface area contributed by atoms with Gasteiger partial charge in [0.2, 0.25) is 5.91 Å². The first-order valence-electron chi connectivity index (χ1n) is 6.16. The van der Waals surface area contributed by atoms with Gasteiger partial charge in [0, 0.05) is 10.8 Å². The predicted molar refractivity (Wildman–Crippen MR) is 80.1 cm³/mol. The van der Waals surface area contributed by atoms with Crippen LogP contribution in [0, 0.1) is 0 Å². The van der Waals surface area contributed by atoms with Crippen LogP contribution in [0.2, 0.25) is 0 Å². The van der Waals surface area contributed by atoms with Crippen LogP contribution in [-0.4, -0.2) is 12.2 Å². The van der Waals surface area contributed by atoms with Gasteiger partial charge >= 0.3 is 0 Å². The van der Waals surface area contributed by atoms with Crippen LogP contribution in [0.4, 0.5) is 0 Å². The van der Waals surface area contributed by atoms with Crippen molar-refractivity contribution in [2.75, 3.05) is 6.26 Å². The lowest BCUT2D eigenvalue weighted by Gasteiger charge is -2.17. The molecular weight excluding hydrogens is 254 g/mol. The minimum Gasteiger partial charge on any atom is -0.369 e. The molecule has 0 spiro atoms. The van der Waals surface area contributed by atoms with Crippen molar-refractivity contribution in [3.05, 3.63) is 58.9 Å². The summed E-state index contributed by atoms with van der Waals surface area (Å²) < 4.78 is 0. The lowest BCUT2D eigenvalue weighted by molar-refractivity contribution is -0.117. The van der Waals surface area contributed by atoms with Gasteiger partial charge in [0.25, 0.3) is 0 Å². The molecule has 1 amide bonds. The van der Waals surface area contributed by atoms with Crippen molar-refractivity contribution in [2.45, 2.75) is 24.2 Å². The smallest absolute Gasteiger partial charge is 0.221 e. The number of primary amides is 1. The van der Waals surface area contributed by atoms with E-state index in [2.05, 4.69) is 49.3 Å². The number of hydrogen-bond acceptors (Lipinski definition) is 2. The molecule has 2 rings (SSSR count). The van der Waals surface area contributed by atoms with Crippen molar-refractivity contribution in [1.82, 2.24) is 0 Å². The molecule has 0 saturated heterocycles. The summed E-state index contributed by atoms with van der Waals surface area (Å²) in [5, 5.41) is 0. The third kappa shape index (κ3) is 3.40. The summed E-state index contributed by atoms with van der Waals surface area (Å²) in [5.74, 6) is -0.119. The van der Waals surface area contributed by atoms with E-state index in [-0.39, 0.29) is 18.2 Å². The number of carbonyl (C=O) groups is 1. The normalized spacial score (nSPS) is 17.9. The second-order valence-electron chi connectivity index (χ2n) is 4.61. The van der Waals surface area contributed by atoms with E-state index in [9.17, 15) is 4.79 Å². The third-order valence-corrected chi connectivity index (χ3v) is 3.89. The second kappa shape index (κ2) is 5.96. The molecule has 0 bridgehead atoms. The minimum atomic E-state index is -0.305. The summed E-state index contributed by atoms with van der Waals surface area (Å²) in [6.07, 6.45) is 6.31. The maximum Gasteiger partial charge on any atom is 0.221 e. The van der Waals surface area contributed by atoms with Crippen molar-refractivity contribution < 1.29 is 4.79 Å². The Hall–Kier alpha value is -1.70. The summed E-state index contributed by atoms with van der Waals surface area (Å²) in [4.78, 5) is 12.3. The summed E-state index contributed by atoms with van der Waals surface area (Å²) in [7, 11) is 0. The Kier molecular flexibility index (Phi) is 4.31. The monoisotopic (exact) mass is 271 g/mol. The van der Waals surface area contributed by atoms with Gasteiger partial charge in [0.15, 0.2) is 0 Å². The minimum absolute atomic E-state index is 0.187. The first-order valence-corrected chi connectivity index (χ1v) is 7.39. The van der Waals surface area contributed by atoms with Gasteiger partial charge in [-0.05, 0) is 48.1 Å². The van der Waals surface area contributed by atoms with Gasteiger partial charge in [-0.3, -0.25) is 4.79 Å². The van der Waals surface area contributed by atoms with E-state index < -0.39 is 0 Å². The molecule has 98 valence electrons. The van der Waals surface area contributed by atoms with Gasteiger partial charge in [-0.25, -0.2) is 0 Å². The van der Waals surface area contributed by atoms with Gasteiger partial charge in [-0.1, -0.05) is 18.2 Å². The average molecular weight is 271 g/mol. The Bertz CT molecular complexity index is 595. The van der Waals surface area contributed by atoms with Crippen LogP contribution < -0.4 is 5.73 Å². The van der Waals surface area contributed by atoms with E-state index in [0.29, 0.717) is 0 Å². The first kappa shape index (κ1) is 13.7. The van der Waals surface area contributed by atoms with E-state index in [1.54, 1.807) is 11.8 Å². The van der Waals surface area contributed by atoms with Gasteiger partial charge in [-0.2, -0.15) is 0 Å². The number of benzene rings is 1. The van der Waals surface area contributed by atoms with Crippen LogP contribution in [-0.2, 0) is 4.79 Å². The van der Waals surface area contributed by atoms with Gasteiger partial charge in [0.05, 0.1) is 6.42 Å². The molecule has 0 heterocycles. The Morgan fingerprint density at radius 2 is 2.26 bits per heavy atom. The molecule has 1 aromatic rings. The molecule has 2 N–H and O–H groups in total. The van der Waals surface area contributed by atoms with Crippen LogP contribution in [0.15, 0.2) is 58.2 Å². The molecule has 1 aliphatic carbocycles. The highest BCUT2D eigenvalue weighted by atomic mass is 32.2. The molecule has 1 aromatic carbocycles. The molecule has 1 atom stereocenters. The predicted octanol–water partition coefficient (Wildman–Crippen LogP) is 3.41. The van der Waals surface area contributed by atoms with E-state index >= 15 is 0 Å². The zero-order chi connectivity index (χ0) is 13.8. The van der Waals surface area contributed by atoms with Gasteiger partial charge < -0.3 is 5.73 Å². The lowest BCUT2D eigenvalue weighted by atomic mass is 9.87. The van der Waals surface area contributed by atoms with Crippen LogP contribution in [0.3, 0.4) is 0 Å². The molecule has 0 aliphatic heterocycles. The Morgan fingerprint density at radius 3 is 2.95 bits per heavy atom. The average Bonchev–Trinajstić information content (AvgIpc) is 2.40. The summed E-state index contributed by atoms with van der Waals surface area (Å²) in [6.45, 7) is 2.06. The molecular formula is C16H17NOS. The molecule has 3 heteroatoms. The summed E-state index contributed by atoms with van der Waals surface area (Å²) >= 11 is 1.73. The quantitative estimate of drug-likeness (QED) is 0.673. The third-order valence-electron chi connectivity index (χ3n) is 3.16. The highest BCUT2D eigenvalue weighted by molar-refractivity contribution is 7.98.